The summed E-state index contributed by atoms with van der Waals surface area (Å²) in [5, 5.41) is 9.23. The Morgan fingerprint density at radius 3 is 2.33 bits per heavy atom. The van der Waals surface area contributed by atoms with Gasteiger partial charge in [0, 0.05) is 12.0 Å². The molecule has 1 atom stereocenters. The van der Waals surface area contributed by atoms with Crippen LogP contribution in [-0.2, 0) is 14.6 Å². The average Bonchev–Trinajstić information content (AvgIpc) is 2.14. The van der Waals surface area contributed by atoms with Gasteiger partial charge in [-0.05, 0) is 12.8 Å². The molecule has 0 radical (unpaired) electrons. The minimum Gasteiger partial charge on any atom is -0.391 e. The summed E-state index contributed by atoms with van der Waals surface area (Å²) in [6.45, 7) is -2.01. The van der Waals surface area contributed by atoms with E-state index in [1.54, 1.807) is 0 Å². The van der Waals surface area contributed by atoms with Crippen molar-refractivity contribution in [2.75, 3.05) is 25.2 Å². The van der Waals surface area contributed by atoms with Crippen LogP contribution in [0.25, 0.3) is 0 Å². The Kier molecular flexibility index (Phi) is 7.08. The largest absolute Gasteiger partial charge is 0.391 e. The predicted molar refractivity (Wildman–Crippen MR) is 56.7 cm³/mol. The van der Waals surface area contributed by atoms with Crippen molar-refractivity contribution in [1.29, 1.82) is 0 Å². The van der Waals surface area contributed by atoms with E-state index in [-0.39, 0.29) is 18.6 Å². The van der Waals surface area contributed by atoms with Crippen LogP contribution < -0.4 is 0 Å². The first-order valence-corrected chi connectivity index (χ1v) is 7.20. The molecule has 0 saturated carbocycles. The van der Waals surface area contributed by atoms with Gasteiger partial charge in [-0.1, -0.05) is 0 Å². The lowest BCUT2D eigenvalue weighted by molar-refractivity contribution is -0.170. The molecule has 1 unspecified atom stereocenters. The Morgan fingerprint density at radius 1 is 1.33 bits per heavy atom. The van der Waals surface area contributed by atoms with Crippen LogP contribution in [0.3, 0.4) is 0 Å². The van der Waals surface area contributed by atoms with Crippen molar-refractivity contribution in [2.24, 2.45) is 0 Å². The molecular weight excluding hydrogens is 280 g/mol. The summed E-state index contributed by atoms with van der Waals surface area (Å²) in [4.78, 5) is 0. The molecule has 0 heterocycles. The fourth-order valence-corrected chi connectivity index (χ4v) is 1.75. The quantitative estimate of drug-likeness (QED) is 0.647. The molecule has 0 aliphatic carbocycles. The molecule has 0 saturated heterocycles. The zero-order chi connectivity index (χ0) is 14.4. The summed E-state index contributed by atoms with van der Waals surface area (Å²) in [5.74, 6) is -4.39. The van der Waals surface area contributed by atoms with Gasteiger partial charge in [-0.25, -0.2) is 17.2 Å². The number of aliphatic hydroxyl groups excluding tert-OH is 1. The molecule has 18 heavy (non-hydrogen) atoms. The van der Waals surface area contributed by atoms with E-state index in [9.17, 15) is 31.1 Å². The Bertz CT molecular complexity index is 331. The van der Waals surface area contributed by atoms with Crippen LogP contribution in [0.1, 0.15) is 12.8 Å². The topological polar surface area (TPSA) is 63.6 Å². The molecule has 0 spiro atoms. The summed E-state index contributed by atoms with van der Waals surface area (Å²) in [5.41, 5.74) is 0. The smallest absolute Gasteiger partial charge is 0.330 e. The molecule has 0 aliphatic heterocycles. The first-order valence-electron chi connectivity index (χ1n) is 5.14. The Morgan fingerprint density at radius 2 is 1.89 bits per heavy atom. The van der Waals surface area contributed by atoms with Crippen LogP contribution in [0.4, 0.5) is 17.6 Å². The summed E-state index contributed by atoms with van der Waals surface area (Å²) >= 11 is 0. The van der Waals surface area contributed by atoms with Crippen LogP contribution in [-0.4, -0.2) is 57.2 Å². The van der Waals surface area contributed by atoms with Gasteiger partial charge in [0.25, 0.3) is 0 Å². The first-order chi connectivity index (χ1) is 8.04. The molecule has 9 heteroatoms. The number of alkyl halides is 4. The van der Waals surface area contributed by atoms with Crippen LogP contribution in [0.5, 0.6) is 0 Å². The van der Waals surface area contributed by atoms with Crippen molar-refractivity contribution in [3.63, 3.8) is 0 Å². The molecule has 110 valence electrons. The zero-order valence-corrected chi connectivity index (χ0v) is 10.6. The van der Waals surface area contributed by atoms with E-state index in [0.29, 0.717) is 0 Å². The van der Waals surface area contributed by atoms with Crippen LogP contribution >= 0.6 is 0 Å². The van der Waals surface area contributed by atoms with Gasteiger partial charge in [0.05, 0.1) is 12.7 Å². The van der Waals surface area contributed by atoms with E-state index in [2.05, 4.69) is 4.74 Å². The van der Waals surface area contributed by atoms with E-state index in [1.165, 1.54) is 0 Å². The third-order valence-corrected chi connectivity index (χ3v) is 3.01. The van der Waals surface area contributed by atoms with E-state index in [0.717, 1.165) is 6.26 Å². The molecule has 1 N–H and O–H groups in total. The zero-order valence-electron chi connectivity index (χ0n) is 9.78. The van der Waals surface area contributed by atoms with Gasteiger partial charge in [0.2, 0.25) is 0 Å². The number of halogens is 4. The van der Waals surface area contributed by atoms with E-state index in [1.807, 2.05) is 0 Å². The van der Waals surface area contributed by atoms with Crippen molar-refractivity contribution in [1.82, 2.24) is 0 Å². The molecule has 0 bridgehead atoms. The Labute approximate surface area is 103 Å². The molecular formula is C9H16F4O4S. The second-order valence-corrected chi connectivity index (χ2v) is 6.26. The van der Waals surface area contributed by atoms with Gasteiger partial charge in [-0.15, -0.1) is 0 Å². The second kappa shape index (κ2) is 7.25. The molecule has 0 amide bonds. The lowest BCUT2D eigenvalue weighted by Crippen LogP contribution is -2.33. The van der Waals surface area contributed by atoms with Crippen molar-refractivity contribution in [3.05, 3.63) is 0 Å². The fourth-order valence-electron chi connectivity index (χ4n) is 1.06. The molecule has 0 rings (SSSR count). The molecule has 0 aromatic carbocycles. The molecule has 0 aromatic heterocycles. The monoisotopic (exact) mass is 296 g/mol. The summed E-state index contributed by atoms with van der Waals surface area (Å²) in [6.07, 6.45) is -3.76. The lowest BCUT2D eigenvalue weighted by atomic mass is 10.2. The normalized spacial score (nSPS) is 15.1. The number of rotatable bonds is 9. The molecule has 0 aromatic rings. The van der Waals surface area contributed by atoms with Gasteiger partial charge in [0.15, 0.2) is 0 Å². The van der Waals surface area contributed by atoms with Gasteiger partial charge in [0.1, 0.15) is 16.4 Å². The highest BCUT2D eigenvalue weighted by atomic mass is 32.2. The molecule has 0 aliphatic rings. The number of hydrogen-bond donors (Lipinski definition) is 1. The highest BCUT2D eigenvalue weighted by molar-refractivity contribution is 7.90. The third kappa shape index (κ3) is 8.65. The minimum atomic E-state index is -4.24. The third-order valence-electron chi connectivity index (χ3n) is 1.98. The summed E-state index contributed by atoms with van der Waals surface area (Å²) in [6, 6.07) is 0. The average molecular weight is 296 g/mol. The SMILES string of the molecule is CS(=O)(=O)CCCC(O)COCC(F)(F)C(F)F. The van der Waals surface area contributed by atoms with Crippen molar-refractivity contribution < 1.29 is 35.8 Å². The summed E-state index contributed by atoms with van der Waals surface area (Å²) in [7, 11) is -3.15. The highest BCUT2D eigenvalue weighted by Crippen LogP contribution is 2.22. The standard InChI is InChI=1S/C9H16F4O4S/c1-18(15,16)4-2-3-7(14)5-17-6-9(12,13)8(10)11/h7-8,14H,2-6H2,1H3. The number of ether oxygens (including phenoxy) is 1. The predicted octanol–water partition coefficient (Wildman–Crippen LogP) is 1.09. The van der Waals surface area contributed by atoms with Crippen molar-refractivity contribution in [3.8, 4) is 0 Å². The van der Waals surface area contributed by atoms with Crippen LogP contribution in [0.15, 0.2) is 0 Å². The Balaban J connectivity index is 3.75. The second-order valence-electron chi connectivity index (χ2n) is 4.00. The number of hydrogen-bond acceptors (Lipinski definition) is 4. The van der Waals surface area contributed by atoms with Crippen LogP contribution in [0, 0.1) is 0 Å². The maximum Gasteiger partial charge on any atom is 0.330 e. The molecule has 0 fully saturated rings. The maximum atomic E-state index is 12.4. The van der Waals surface area contributed by atoms with Crippen molar-refractivity contribution in [2.45, 2.75) is 31.3 Å². The number of aliphatic hydroxyl groups is 1. The van der Waals surface area contributed by atoms with E-state index < -0.39 is 41.5 Å². The van der Waals surface area contributed by atoms with E-state index in [4.69, 9.17) is 0 Å². The Hall–Kier alpha value is -0.410. The summed E-state index contributed by atoms with van der Waals surface area (Å²) < 4.78 is 73.9. The van der Waals surface area contributed by atoms with Gasteiger partial charge >= 0.3 is 12.3 Å². The van der Waals surface area contributed by atoms with Gasteiger partial charge < -0.3 is 9.84 Å². The van der Waals surface area contributed by atoms with E-state index >= 15 is 0 Å². The van der Waals surface area contributed by atoms with Crippen LogP contribution in [0.2, 0.25) is 0 Å². The number of sulfone groups is 1. The first kappa shape index (κ1) is 17.6. The highest BCUT2D eigenvalue weighted by Gasteiger charge is 2.41. The van der Waals surface area contributed by atoms with Gasteiger partial charge in [-0.2, -0.15) is 8.78 Å². The fraction of sp³-hybridized carbons (Fsp3) is 1.00. The maximum absolute atomic E-state index is 12.4. The van der Waals surface area contributed by atoms with Gasteiger partial charge in [-0.3, -0.25) is 0 Å². The lowest BCUT2D eigenvalue weighted by Gasteiger charge is -2.17. The van der Waals surface area contributed by atoms with Crippen molar-refractivity contribution >= 4 is 9.84 Å². The minimum absolute atomic E-state index is 0.0350. The molecule has 4 nitrogen and oxygen atoms in total.